The third-order valence-corrected chi connectivity index (χ3v) is 1.47. The SMILES string of the molecule is CC=CCOC(C)CNCC(F)(F)F. The van der Waals surface area contributed by atoms with Gasteiger partial charge in [0.05, 0.1) is 19.3 Å². The second-order valence-electron chi connectivity index (χ2n) is 2.96. The van der Waals surface area contributed by atoms with Gasteiger partial charge >= 0.3 is 6.18 Å². The molecule has 14 heavy (non-hydrogen) atoms. The van der Waals surface area contributed by atoms with Crippen molar-refractivity contribution in [2.45, 2.75) is 26.1 Å². The number of allylic oxidation sites excluding steroid dienone is 1. The number of halogens is 3. The molecule has 0 saturated carbocycles. The van der Waals surface area contributed by atoms with Crippen molar-refractivity contribution in [1.82, 2.24) is 5.32 Å². The molecule has 1 atom stereocenters. The van der Waals surface area contributed by atoms with Gasteiger partial charge in [-0.1, -0.05) is 12.2 Å². The molecule has 0 aromatic carbocycles. The van der Waals surface area contributed by atoms with E-state index in [4.69, 9.17) is 4.74 Å². The van der Waals surface area contributed by atoms with Gasteiger partial charge in [0.25, 0.3) is 0 Å². The van der Waals surface area contributed by atoms with E-state index in [9.17, 15) is 13.2 Å². The Hall–Kier alpha value is -0.550. The minimum Gasteiger partial charge on any atom is -0.373 e. The molecule has 0 fully saturated rings. The Morgan fingerprint density at radius 1 is 1.43 bits per heavy atom. The molecule has 0 bridgehead atoms. The summed E-state index contributed by atoms with van der Waals surface area (Å²) in [5.74, 6) is 0. The summed E-state index contributed by atoms with van der Waals surface area (Å²) in [6.45, 7) is 3.26. The fourth-order valence-electron chi connectivity index (χ4n) is 0.792. The van der Waals surface area contributed by atoms with Crippen LogP contribution in [0, 0.1) is 0 Å². The fraction of sp³-hybridized carbons (Fsp3) is 0.778. The van der Waals surface area contributed by atoms with E-state index in [1.165, 1.54) is 0 Å². The summed E-state index contributed by atoms with van der Waals surface area (Å²) >= 11 is 0. The van der Waals surface area contributed by atoms with Crippen LogP contribution in [0.5, 0.6) is 0 Å². The molecule has 0 rings (SSSR count). The number of hydrogen-bond acceptors (Lipinski definition) is 2. The number of hydrogen-bond donors (Lipinski definition) is 1. The summed E-state index contributed by atoms with van der Waals surface area (Å²) in [5.41, 5.74) is 0. The van der Waals surface area contributed by atoms with Crippen LogP contribution in [0.1, 0.15) is 13.8 Å². The molecule has 5 heteroatoms. The van der Waals surface area contributed by atoms with Crippen LogP contribution in [-0.4, -0.2) is 32.0 Å². The van der Waals surface area contributed by atoms with Crippen LogP contribution in [0.3, 0.4) is 0 Å². The minimum atomic E-state index is -4.15. The van der Waals surface area contributed by atoms with Crippen molar-refractivity contribution in [3.05, 3.63) is 12.2 Å². The van der Waals surface area contributed by atoms with Gasteiger partial charge in [-0.15, -0.1) is 0 Å². The van der Waals surface area contributed by atoms with E-state index in [0.717, 1.165) is 0 Å². The minimum absolute atomic E-state index is 0.205. The quantitative estimate of drug-likeness (QED) is 0.679. The van der Waals surface area contributed by atoms with Crippen molar-refractivity contribution >= 4 is 0 Å². The Balaban J connectivity index is 3.40. The van der Waals surface area contributed by atoms with Crippen LogP contribution < -0.4 is 5.32 Å². The molecule has 2 nitrogen and oxygen atoms in total. The monoisotopic (exact) mass is 211 g/mol. The molecule has 0 aromatic heterocycles. The lowest BCUT2D eigenvalue weighted by Gasteiger charge is -2.13. The highest BCUT2D eigenvalue weighted by Gasteiger charge is 2.26. The fourth-order valence-corrected chi connectivity index (χ4v) is 0.792. The zero-order valence-corrected chi connectivity index (χ0v) is 8.40. The molecule has 1 unspecified atom stereocenters. The van der Waals surface area contributed by atoms with Crippen LogP contribution in [0.15, 0.2) is 12.2 Å². The van der Waals surface area contributed by atoms with Crippen LogP contribution in [0.2, 0.25) is 0 Å². The first-order valence-corrected chi connectivity index (χ1v) is 4.46. The van der Waals surface area contributed by atoms with Crippen molar-refractivity contribution in [3.63, 3.8) is 0 Å². The normalized spacial score (nSPS) is 14.9. The zero-order chi connectivity index (χ0) is 11.0. The maximum Gasteiger partial charge on any atom is 0.401 e. The molecule has 0 saturated heterocycles. The van der Waals surface area contributed by atoms with Crippen molar-refractivity contribution in [2.24, 2.45) is 0 Å². The first-order valence-electron chi connectivity index (χ1n) is 4.46. The lowest BCUT2D eigenvalue weighted by atomic mass is 10.4. The highest BCUT2D eigenvalue weighted by atomic mass is 19.4. The van der Waals surface area contributed by atoms with Crippen molar-refractivity contribution in [3.8, 4) is 0 Å². The van der Waals surface area contributed by atoms with Crippen molar-refractivity contribution in [2.75, 3.05) is 19.7 Å². The van der Waals surface area contributed by atoms with Gasteiger partial charge in [-0.2, -0.15) is 13.2 Å². The van der Waals surface area contributed by atoms with Crippen LogP contribution in [-0.2, 0) is 4.74 Å². The number of nitrogens with one attached hydrogen (secondary N) is 1. The first-order chi connectivity index (χ1) is 6.45. The van der Waals surface area contributed by atoms with E-state index in [1.807, 2.05) is 13.0 Å². The molecule has 0 aliphatic carbocycles. The third-order valence-electron chi connectivity index (χ3n) is 1.47. The zero-order valence-electron chi connectivity index (χ0n) is 8.40. The Morgan fingerprint density at radius 3 is 2.57 bits per heavy atom. The van der Waals surface area contributed by atoms with Gasteiger partial charge in [0.2, 0.25) is 0 Å². The third kappa shape index (κ3) is 9.54. The molecule has 0 heterocycles. The van der Waals surface area contributed by atoms with Crippen LogP contribution in [0.25, 0.3) is 0 Å². The molecular formula is C9H16F3NO. The Bertz CT molecular complexity index is 168. The summed E-state index contributed by atoms with van der Waals surface area (Å²) in [4.78, 5) is 0. The second-order valence-corrected chi connectivity index (χ2v) is 2.96. The maximum absolute atomic E-state index is 11.7. The van der Waals surface area contributed by atoms with Crippen LogP contribution in [0.4, 0.5) is 13.2 Å². The molecule has 0 spiro atoms. The lowest BCUT2D eigenvalue weighted by molar-refractivity contribution is -0.125. The summed E-state index contributed by atoms with van der Waals surface area (Å²) in [6, 6.07) is 0. The molecule has 0 aromatic rings. The van der Waals surface area contributed by atoms with E-state index < -0.39 is 12.7 Å². The van der Waals surface area contributed by atoms with Gasteiger partial charge in [0, 0.05) is 6.54 Å². The summed E-state index contributed by atoms with van der Waals surface area (Å²) in [7, 11) is 0. The maximum atomic E-state index is 11.7. The smallest absolute Gasteiger partial charge is 0.373 e. The molecule has 0 aliphatic heterocycles. The highest BCUT2D eigenvalue weighted by Crippen LogP contribution is 2.11. The topological polar surface area (TPSA) is 21.3 Å². The lowest BCUT2D eigenvalue weighted by Crippen LogP contribution is -2.34. The Kier molecular flexibility index (Phi) is 6.57. The number of rotatable bonds is 6. The van der Waals surface area contributed by atoms with E-state index in [1.54, 1.807) is 13.0 Å². The molecule has 0 amide bonds. The molecule has 0 aliphatic rings. The van der Waals surface area contributed by atoms with E-state index in [0.29, 0.717) is 6.61 Å². The van der Waals surface area contributed by atoms with Crippen molar-refractivity contribution < 1.29 is 17.9 Å². The average molecular weight is 211 g/mol. The van der Waals surface area contributed by atoms with Gasteiger partial charge in [0.15, 0.2) is 0 Å². The predicted octanol–water partition coefficient (Wildman–Crippen LogP) is 2.12. The molecule has 84 valence electrons. The van der Waals surface area contributed by atoms with Gasteiger partial charge in [-0.3, -0.25) is 0 Å². The van der Waals surface area contributed by atoms with E-state index in [2.05, 4.69) is 5.32 Å². The average Bonchev–Trinajstić information content (AvgIpc) is 2.02. The Labute approximate surface area is 82.1 Å². The summed E-state index contributed by atoms with van der Waals surface area (Å²) < 4.78 is 40.3. The standard InChI is InChI=1S/C9H16F3NO/c1-3-4-5-14-8(2)6-13-7-9(10,11)12/h3-4,8,13H,5-7H2,1-2H3. The predicted molar refractivity (Wildman–Crippen MR) is 49.2 cm³/mol. The largest absolute Gasteiger partial charge is 0.401 e. The van der Waals surface area contributed by atoms with Crippen LogP contribution >= 0.6 is 0 Å². The van der Waals surface area contributed by atoms with Crippen molar-refractivity contribution in [1.29, 1.82) is 0 Å². The van der Waals surface area contributed by atoms with E-state index in [-0.39, 0.29) is 12.6 Å². The second kappa shape index (κ2) is 6.84. The summed E-state index contributed by atoms with van der Waals surface area (Å²) in [6.07, 6.45) is -0.729. The number of alkyl halides is 3. The first kappa shape index (κ1) is 13.4. The molecule has 1 N–H and O–H groups in total. The highest BCUT2D eigenvalue weighted by molar-refractivity contribution is 4.76. The summed E-state index contributed by atoms with van der Waals surface area (Å²) in [5, 5.41) is 2.28. The number of ether oxygens (including phenoxy) is 1. The van der Waals surface area contributed by atoms with Gasteiger partial charge in [0.1, 0.15) is 0 Å². The van der Waals surface area contributed by atoms with Gasteiger partial charge in [-0.25, -0.2) is 0 Å². The molecular weight excluding hydrogens is 195 g/mol. The molecule has 0 radical (unpaired) electrons. The van der Waals surface area contributed by atoms with E-state index >= 15 is 0 Å². The Morgan fingerprint density at radius 2 is 2.07 bits per heavy atom. The van der Waals surface area contributed by atoms with Gasteiger partial charge in [-0.05, 0) is 13.8 Å². The van der Waals surface area contributed by atoms with Gasteiger partial charge < -0.3 is 10.1 Å².